The molecule has 0 amide bonds. The van der Waals surface area contributed by atoms with E-state index in [4.69, 9.17) is 10.9 Å². The molecule has 1 aliphatic heterocycles. The summed E-state index contributed by atoms with van der Waals surface area (Å²) in [4.78, 5) is 2.28. The molecule has 19 heavy (non-hydrogen) atoms. The van der Waals surface area contributed by atoms with Crippen LogP contribution in [0.3, 0.4) is 0 Å². The van der Waals surface area contributed by atoms with E-state index in [1.54, 1.807) is 6.07 Å². The van der Waals surface area contributed by atoms with Crippen LogP contribution in [0.5, 0.6) is 0 Å². The summed E-state index contributed by atoms with van der Waals surface area (Å²) in [6.45, 7) is 6.38. The van der Waals surface area contributed by atoms with E-state index in [1.807, 2.05) is 0 Å². The smallest absolute Gasteiger partial charge is 0.238 e. The maximum atomic E-state index is 11.3. The number of nitrogens with two attached hydrogens (primary N) is 2. The van der Waals surface area contributed by atoms with Crippen LogP contribution in [0.2, 0.25) is 0 Å². The number of benzene rings is 1. The quantitative estimate of drug-likeness (QED) is 0.820. The lowest BCUT2D eigenvalue weighted by atomic mass is 9.95. The molecule has 1 fully saturated rings. The van der Waals surface area contributed by atoms with Gasteiger partial charge in [-0.1, -0.05) is 13.8 Å². The Morgan fingerprint density at radius 3 is 2.53 bits per heavy atom. The SMILES string of the molecule is CC(C)C1CCN(c2ccc(S(N)(=O)=O)cc2N)C1. The van der Waals surface area contributed by atoms with Crippen LogP contribution < -0.4 is 15.8 Å². The molecule has 0 aliphatic carbocycles. The van der Waals surface area contributed by atoms with Crippen LogP contribution >= 0.6 is 0 Å². The fraction of sp³-hybridized carbons (Fsp3) is 0.538. The fourth-order valence-electron chi connectivity index (χ4n) is 2.55. The first kappa shape index (κ1) is 14.1. The highest BCUT2D eigenvalue weighted by atomic mass is 32.2. The van der Waals surface area contributed by atoms with E-state index < -0.39 is 10.0 Å². The van der Waals surface area contributed by atoms with Crippen LogP contribution in [-0.4, -0.2) is 21.5 Å². The Morgan fingerprint density at radius 1 is 1.37 bits per heavy atom. The molecule has 0 spiro atoms. The summed E-state index contributed by atoms with van der Waals surface area (Å²) in [5.41, 5.74) is 7.32. The van der Waals surface area contributed by atoms with Crippen LogP contribution in [0.1, 0.15) is 20.3 Å². The monoisotopic (exact) mass is 283 g/mol. The predicted octanol–water partition coefficient (Wildman–Crippen LogP) is 1.40. The fourth-order valence-corrected chi connectivity index (χ4v) is 3.10. The average Bonchev–Trinajstić information content (AvgIpc) is 2.76. The van der Waals surface area contributed by atoms with Gasteiger partial charge in [0, 0.05) is 13.1 Å². The number of anilines is 2. The Kier molecular flexibility index (Phi) is 3.73. The summed E-state index contributed by atoms with van der Waals surface area (Å²) in [7, 11) is -3.69. The Labute approximate surface area is 114 Å². The minimum Gasteiger partial charge on any atom is -0.397 e. The Bertz CT molecular complexity index is 569. The second-order valence-corrected chi connectivity index (χ2v) is 7.07. The zero-order chi connectivity index (χ0) is 14.2. The molecule has 106 valence electrons. The van der Waals surface area contributed by atoms with E-state index in [0.29, 0.717) is 17.5 Å². The highest BCUT2D eigenvalue weighted by Crippen LogP contribution is 2.32. The van der Waals surface area contributed by atoms with Crippen molar-refractivity contribution in [3.8, 4) is 0 Å². The van der Waals surface area contributed by atoms with Crippen molar-refractivity contribution in [3.63, 3.8) is 0 Å². The molecule has 0 bridgehead atoms. The molecule has 1 atom stereocenters. The molecule has 1 heterocycles. The second kappa shape index (κ2) is 5.02. The number of primary sulfonamides is 1. The molecule has 0 saturated carbocycles. The summed E-state index contributed by atoms with van der Waals surface area (Å²) in [6.07, 6.45) is 1.15. The van der Waals surface area contributed by atoms with Crippen LogP contribution in [0.15, 0.2) is 23.1 Å². The molecule has 5 nitrogen and oxygen atoms in total. The van der Waals surface area contributed by atoms with Gasteiger partial charge in [-0.15, -0.1) is 0 Å². The first-order chi connectivity index (χ1) is 8.79. The average molecular weight is 283 g/mol. The maximum Gasteiger partial charge on any atom is 0.238 e. The molecule has 4 N–H and O–H groups in total. The number of nitrogens with zero attached hydrogens (tertiary/aromatic N) is 1. The third-order valence-corrected chi connectivity index (χ3v) is 4.75. The molecule has 6 heteroatoms. The molecule has 2 rings (SSSR count). The second-order valence-electron chi connectivity index (χ2n) is 5.50. The van der Waals surface area contributed by atoms with Gasteiger partial charge in [0.25, 0.3) is 0 Å². The van der Waals surface area contributed by atoms with E-state index in [9.17, 15) is 8.42 Å². The van der Waals surface area contributed by atoms with Gasteiger partial charge in [-0.05, 0) is 36.5 Å². The van der Waals surface area contributed by atoms with Gasteiger partial charge in [0.2, 0.25) is 10.0 Å². The van der Waals surface area contributed by atoms with Crippen molar-refractivity contribution in [1.82, 2.24) is 0 Å². The van der Waals surface area contributed by atoms with Crippen molar-refractivity contribution in [1.29, 1.82) is 0 Å². The van der Waals surface area contributed by atoms with Gasteiger partial charge in [-0.3, -0.25) is 0 Å². The third-order valence-electron chi connectivity index (χ3n) is 3.84. The van der Waals surface area contributed by atoms with Crippen molar-refractivity contribution in [3.05, 3.63) is 18.2 Å². The van der Waals surface area contributed by atoms with Gasteiger partial charge in [0.15, 0.2) is 0 Å². The van der Waals surface area contributed by atoms with Crippen molar-refractivity contribution >= 4 is 21.4 Å². The van der Waals surface area contributed by atoms with Gasteiger partial charge in [-0.2, -0.15) is 0 Å². The van der Waals surface area contributed by atoms with Gasteiger partial charge in [0.05, 0.1) is 16.3 Å². The topological polar surface area (TPSA) is 89.4 Å². The van der Waals surface area contributed by atoms with E-state index in [-0.39, 0.29) is 4.90 Å². The van der Waals surface area contributed by atoms with E-state index in [0.717, 1.165) is 25.2 Å². The molecule has 1 aliphatic rings. The minimum atomic E-state index is -3.69. The standard InChI is InChI=1S/C13H21N3O2S/c1-9(2)10-5-6-16(8-10)13-4-3-11(7-12(13)14)19(15,17)18/h3-4,7,9-10H,5-6,8,14H2,1-2H3,(H2,15,17,18). The first-order valence-electron chi connectivity index (χ1n) is 6.46. The van der Waals surface area contributed by atoms with E-state index in [1.165, 1.54) is 12.1 Å². The van der Waals surface area contributed by atoms with Crippen molar-refractivity contribution in [2.75, 3.05) is 23.7 Å². The molecule has 0 radical (unpaired) electrons. The first-order valence-corrected chi connectivity index (χ1v) is 8.01. The zero-order valence-electron chi connectivity index (χ0n) is 11.3. The molecular formula is C13H21N3O2S. The van der Waals surface area contributed by atoms with Crippen LogP contribution in [0.4, 0.5) is 11.4 Å². The summed E-state index contributed by atoms with van der Waals surface area (Å²) >= 11 is 0. The molecule has 1 saturated heterocycles. The van der Waals surface area contributed by atoms with Crippen molar-refractivity contribution in [2.45, 2.75) is 25.2 Å². The lowest BCUT2D eigenvalue weighted by Gasteiger charge is -2.22. The minimum absolute atomic E-state index is 0.0633. The van der Waals surface area contributed by atoms with Crippen LogP contribution in [0, 0.1) is 11.8 Å². The predicted molar refractivity (Wildman–Crippen MR) is 77.4 cm³/mol. The zero-order valence-corrected chi connectivity index (χ0v) is 12.2. The normalized spacial score (nSPS) is 20.2. The maximum absolute atomic E-state index is 11.3. The number of rotatable bonds is 3. The van der Waals surface area contributed by atoms with E-state index in [2.05, 4.69) is 18.7 Å². The van der Waals surface area contributed by atoms with Crippen molar-refractivity contribution < 1.29 is 8.42 Å². The highest BCUT2D eigenvalue weighted by molar-refractivity contribution is 7.89. The van der Waals surface area contributed by atoms with Crippen LogP contribution in [0.25, 0.3) is 0 Å². The van der Waals surface area contributed by atoms with E-state index >= 15 is 0 Å². The van der Waals surface area contributed by atoms with Gasteiger partial charge >= 0.3 is 0 Å². The highest BCUT2D eigenvalue weighted by Gasteiger charge is 2.26. The summed E-state index contributed by atoms with van der Waals surface area (Å²) in [5.74, 6) is 1.31. The Morgan fingerprint density at radius 2 is 2.05 bits per heavy atom. The third kappa shape index (κ3) is 3.01. The van der Waals surface area contributed by atoms with Gasteiger partial charge in [-0.25, -0.2) is 13.6 Å². The number of sulfonamides is 1. The van der Waals surface area contributed by atoms with Crippen LogP contribution in [-0.2, 0) is 10.0 Å². The largest absolute Gasteiger partial charge is 0.397 e. The lowest BCUT2D eigenvalue weighted by Crippen LogP contribution is -2.22. The Balaban J connectivity index is 2.24. The number of hydrogen-bond donors (Lipinski definition) is 2. The Hall–Kier alpha value is -1.27. The lowest BCUT2D eigenvalue weighted by molar-refractivity contribution is 0.423. The molecular weight excluding hydrogens is 262 g/mol. The molecule has 0 aromatic heterocycles. The van der Waals surface area contributed by atoms with Gasteiger partial charge in [0.1, 0.15) is 0 Å². The summed E-state index contributed by atoms with van der Waals surface area (Å²) < 4.78 is 22.5. The number of hydrogen-bond acceptors (Lipinski definition) is 4. The summed E-state index contributed by atoms with van der Waals surface area (Å²) in [6, 6.07) is 4.70. The summed E-state index contributed by atoms with van der Waals surface area (Å²) in [5, 5.41) is 5.09. The van der Waals surface area contributed by atoms with Crippen molar-refractivity contribution in [2.24, 2.45) is 17.0 Å². The molecule has 1 aromatic rings. The van der Waals surface area contributed by atoms with Gasteiger partial charge < -0.3 is 10.6 Å². The molecule has 1 aromatic carbocycles. The molecule has 1 unspecified atom stereocenters. The number of nitrogen functional groups attached to an aromatic ring is 1.